The van der Waals surface area contributed by atoms with Gasteiger partial charge in [0.2, 0.25) is 0 Å². The first-order valence-electron chi connectivity index (χ1n) is 9.93. The fourth-order valence-corrected chi connectivity index (χ4v) is 4.13. The molecule has 0 saturated heterocycles. The summed E-state index contributed by atoms with van der Waals surface area (Å²) in [4.78, 5) is 19.6. The summed E-state index contributed by atoms with van der Waals surface area (Å²) in [6.07, 6.45) is 4.40. The van der Waals surface area contributed by atoms with Crippen LogP contribution in [0.15, 0.2) is 67.0 Å². The van der Waals surface area contributed by atoms with Gasteiger partial charge in [0.1, 0.15) is 6.07 Å². The molecule has 0 bridgehead atoms. The molecule has 2 aromatic carbocycles. The lowest BCUT2D eigenvalue weighted by Gasteiger charge is -2.21. The molecule has 4 aromatic rings. The lowest BCUT2D eigenvalue weighted by Crippen LogP contribution is -2.30. The second-order valence-corrected chi connectivity index (χ2v) is 7.38. The van der Waals surface area contributed by atoms with Gasteiger partial charge in [-0.05, 0) is 41.0 Å². The second kappa shape index (κ2) is 7.45. The van der Waals surface area contributed by atoms with Crippen LogP contribution in [0.2, 0.25) is 0 Å². The van der Waals surface area contributed by atoms with Gasteiger partial charge in [0.15, 0.2) is 5.69 Å². The van der Waals surface area contributed by atoms with Crippen molar-refractivity contribution in [2.75, 3.05) is 6.54 Å². The maximum absolute atomic E-state index is 13.5. The second-order valence-electron chi connectivity index (χ2n) is 7.38. The van der Waals surface area contributed by atoms with Crippen LogP contribution in [-0.4, -0.2) is 32.1 Å². The quantitative estimate of drug-likeness (QED) is 0.516. The normalized spacial score (nSPS) is 13.5. The minimum atomic E-state index is -0.00269. The molecule has 1 amide bonds. The zero-order valence-corrected chi connectivity index (χ0v) is 16.3. The van der Waals surface area contributed by atoms with Crippen molar-refractivity contribution in [1.82, 2.24) is 19.7 Å². The molecule has 0 radical (unpaired) electrons. The highest BCUT2D eigenvalue weighted by Gasteiger charge is 2.23. The Morgan fingerprint density at radius 1 is 1.03 bits per heavy atom. The van der Waals surface area contributed by atoms with Crippen molar-refractivity contribution >= 4 is 16.7 Å². The first kappa shape index (κ1) is 18.1. The lowest BCUT2D eigenvalue weighted by molar-refractivity contribution is 0.0748. The number of benzene rings is 2. The van der Waals surface area contributed by atoms with Crippen molar-refractivity contribution in [3.05, 3.63) is 83.9 Å². The van der Waals surface area contributed by atoms with Gasteiger partial charge in [0.25, 0.3) is 5.91 Å². The molecule has 0 aliphatic carbocycles. The number of nitrogens with zero attached hydrogens (tertiary/aromatic N) is 5. The molecule has 6 nitrogen and oxygen atoms in total. The Morgan fingerprint density at radius 3 is 2.73 bits per heavy atom. The maximum atomic E-state index is 13.5. The Morgan fingerprint density at radius 2 is 1.90 bits per heavy atom. The smallest absolute Gasteiger partial charge is 0.254 e. The van der Waals surface area contributed by atoms with E-state index in [9.17, 15) is 4.79 Å². The third-order valence-corrected chi connectivity index (χ3v) is 5.54. The molecule has 0 spiro atoms. The van der Waals surface area contributed by atoms with Crippen molar-refractivity contribution in [2.45, 2.75) is 19.5 Å². The molecule has 2 aromatic heterocycles. The van der Waals surface area contributed by atoms with Gasteiger partial charge >= 0.3 is 0 Å². The molecule has 30 heavy (non-hydrogen) atoms. The summed E-state index contributed by atoms with van der Waals surface area (Å²) in [7, 11) is 0. The summed E-state index contributed by atoms with van der Waals surface area (Å²) >= 11 is 0. The van der Waals surface area contributed by atoms with E-state index in [4.69, 9.17) is 5.26 Å². The van der Waals surface area contributed by atoms with Crippen molar-refractivity contribution in [2.24, 2.45) is 0 Å². The van der Waals surface area contributed by atoms with Crippen LogP contribution in [0.4, 0.5) is 0 Å². The molecule has 146 valence electrons. The number of aromatic nitrogens is 3. The average molecular weight is 393 g/mol. The Balaban J connectivity index is 1.55. The number of fused-ring (bicyclic) bond motifs is 2. The SMILES string of the molecule is N#Cc1cc2n(n1)CCCN(C(=O)c1cccc3c(-c4cccnc4)cccc13)C2. The number of hydrogen-bond donors (Lipinski definition) is 0. The number of hydrogen-bond acceptors (Lipinski definition) is 4. The number of nitriles is 1. The fourth-order valence-electron chi connectivity index (χ4n) is 4.13. The topological polar surface area (TPSA) is 74.8 Å². The van der Waals surface area contributed by atoms with Crippen LogP contribution in [0, 0.1) is 11.3 Å². The summed E-state index contributed by atoms with van der Waals surface area (Å²) < 4.78 is 1.84. The summed E-state index contributed by atoms with van der Waals surface area (Å²) in [5.41, 5.74) is 4.06. The molecule has 6 heteroatoms. The summed E-state index contributed by atoms with van der Waals surface area (Å²) in [6.45, 7) is 1.82. The highest BCUT2D eigenvalue weighted by Crippen LogP contribution is 2.31. The molecular weight excluding hydrogens is 374 g/mol. The Hall–Kier alpha value is -3.98. The van der Waals surface area contributed by atoms with Crippen LogP contribution in [-0.2, 0) is 13.1 Å². The van der Waals surface area contributed by atoms with Gasteiger partial charge in [-0.1, -0.05) is 36.4 Å². The van der Waals surface area contributed by atoms with Crippen LogP contribution >= 0.6 is 0 Å². The number of carbonyl (C=O) groups excluding carboxylic acids is 1. The highest BCUT2D eigenvalue weighted by atomic mass is 16.2. The maximum Gasteiger partial charge on any atom is 0.254 e. The molecule has 0 atom stereocenters. The van der Waals surface area contributed by atoms with E-state index < -0.39 is 0 Å². The van der Waals surface area contributed by atoms with Crippen molar-refractivity contribution in [3.8, 4) is 17.2 Å². The van der Waals surface area contributed by atoms with Gasteiger partial charge in [-0.3, -0.25) is 14.5 Å². The van der Waals surface area contributed by atoms with E-state index in [1.807, 2.05) is 58.2 Å². The van der Waals surface area contributed by atoms with Crippen molar-refractivity contribution < 1.29 is 4.79 Å². The standard InChI is InChI=1S/C24H19N5O/c25-14-18-13-19-16-28(11-4-12-29(19)27-18)24(30)23-9-2-7-21-20(6-1-8-22(21)23)17-5-3-10-26-15-17/h1-3,5-10,13,15H,4,11-12,16H2. The average Bonchev–Trinajstić information content (AvgIpc) is 3.08. The summed E-state index contributed by atoms with van der Waals surface area (Å²) in [5.74, 6) is -0.00269. The fraction of sp³-hybridized carbons (Fsp3) is 0.167. The van der Waals surface area contributed by atoms with Gasteiger partial charge in [-0.15, -0.1) is 0 Å². The molecule has 0 unspecified atom stereocenters. The predicted octanol–water partition coefficient (Wildman–Crippen LogP) is 4.02. The highest BCUT2D eigenvalue weighted by molar-refractivity contribution is 6.10. The molecule has 0 saturated carbocycles. The van der Waals surface area contributed by atoms with E-state index in [0.717, 1.165) is 34.0 Å². The minimum Gasteiger partial charge on any atom is -0.333 e. The number of rotatable bonds is 2. The van der Waals surface area contributed by atoms with E-state index in [0.29, 0.717) is 30.9 Å². The first-order valence-corrected chi connectivity index (χ1v) is 9.93. The lowest BCUT2D eigenvalue weighted by atomic mass is 9.96. The van der Waals surface area contributed by atoms with Gasteiger partial charge in [-0.25, -0.2) is 0 Å². The number of pyridine rings is 1. The zero-order valence-electron chi connectivity index (χ0n) is 16.3. The molecule has 5 rings (SSSR count). The molecule has 1 aliphatic rings. The summed E-state index contributed by atoms with van der Waals surface area (Å²) in [6, 6.07) is 19.7. The number of aryl methyl sites for hydroxylation is 1. The van der Waals surface area contributed by atoms with Gasteiger partial charge in [0.05, 0.1) is 12.2 Å². The largest absolute Gasteiger partial charge is 0.333 e. The van der Waals surface area contributed by atoms with E-state index >= 15 is 0 Å². The Kier molecular flexibility index (Phi) is 4.49. The third kappa shape index (κ3) is 3.11. The van der Waals surface area contributed by atoms with Gasteiger partial charge in [-0.2, -0.15) is 10.4 Å². The van der Waals surface area contributed by atoms with Crippen LogP contribution in [0.3, 0.4) is 0 Å². The van der Waals surface area contributed by atoms with E-state index in [2.05, 4.69) is 22.2 Å². The van der Waals surface area contributed by atoms with Crippen LogP contribution in [0.1, 0.15) is 28.2 Å². The number of amides is 1. The predicted molar refractivity (Wildman–Crippen MR) is 113 cm³/mol. The minimum absolute atomic E-state index is 0.00269. The molecule has 3 heterocycles. The molecular formula is C24H19N5O. The molecule has 0 fully saturated rings. The molecule has 0 N–H and O–H groups in total. The van der Waals surface area contributed by atoms with Crippen LogP contribution in [0.5, 0.6) is 0 Å². The summed E-state index contributed by atoms with van der Waals surface area (Å²) in [5, 5.41) is 15.4. The van der Waals surface area contributed by atoms with Gasteiger partial charge in [0, 0.05) is 36.6 Å². The monoisotopic (exact) mass is 393 g/mol. The van der Waals surface area contributed by atoms with Crippen LogP contribution < -0.4 is 0 Å². The number of carbonyl (C=O) groups is 1. The third-order valence-electron chi connectivity index (χ3n) is 5.54. The first-order chi connectivity index (χ1) is 14.7. The van der Waals surface area contributed by atoms with E-state index in [1.165, 1.54) is 0 Å². The Bertz CT molecular complexity index is 1290. The van der Waals surface area contributed by atoms with Crippen molar-refractivity contribution in [1.29, 1.82) is 5.26 Å². The van der Waals surface area contributed by atoms with Crippen LogP contribution in [0.25, 0.3) is 21.9 Å². The Labute approximate surface area is 174 Å². The van der Waals surface area contributed by atoms with E-state index in [1.54, 1.807) is 12.3 Å². The zero-order chi connectivity index (χ0) is 20.5. The van der Waals surface area contributed by atoms with Gasteiger partial charge < -0.3 is 4.90 Å². The van der Waals surface area contributed by atoms with E-state index in [-0.39, 0.29) is 5.91 Å². The van der Waals surface area contributed by atoms with Crippen molar-refractivity contribution in [3.63, 3.8) is 0 Å². The molecule has 1 aliphatic heterocycles.